The van der Waals surface area contributed by atoms with Gasteiger partial charge in [-0.3, -0.25) is 0 Å². The first-order valence-corrected chi connectivity index (χ1v) is 5.34. The zero-order valence-electron chi connectivity index (χ0n) is 9.58. The van der Waals surface area contributed by atoms with E-state index >= 15 is 0 Å². The Hall–Kier alpha value is -0.380. The molecule has 0 saturated carbocycles. The monoisotopic (exact) mass is 283 g/mol. The maximum Gasteiger partial charge on any atom is 0.129 e. The molecule has 1 aromatic carbocycles. The molecule has 0 unspecified atom stereocenters. The van der Waals surface area contributed by atoms with Crippen molar-refractivity contribution in [1.29, 1.82) is 0 Å². The average Bonchev–Trinajstić information content (AvgIpc) is 2.20. The fourth-order valence-electron chi connectivity index (χ4n) is 2.28. The van der Waals surface area contributed by atoms with Gasteiger partial charge in [-0.1, -0.05) is 13.0 Å². The molecule has 2 atom stereocenters. The highest BCUT2D eigenvalue weighted by Crippen LogP contribution is 2.31. The minimum Gasteiger partial charge on any atom is -0.316 e. The number of halogens is 4. The van der Waals surface area contributed by atoms with E-state index in [1.165, 1.54) is 6.07 Å². The van der Waals surface area contributed by atoms with E-state index in [0.29, 0.717) is 11.5 Å². The lowest BCUT2D eigenvalue weighted by Gasteiger charge is -2.30. The third-order valence-corrected chi connectivity index (χ3v) is 3.15. The molecule has 17 heavy (non-hydrogen) atoms. The molecule has 1 fully saturated rings. The largest absolute Gasteiger partial charge is 0.316 e. The molecule has 1 aliphatic rings. The second-order valence-corrected chi connectivity index (χ2v) is 4.24. The Kier molecular flexibility index (Phi) is 6.98. The summed E-state index contributed by atoms with van der Waals surface area (Å²) in [7, 11) is 0. The normalized spacial score (nSPS) is 23.5. The van der Waals surface area contributed by atoms with Gasteiger partial charge < -0.3 is 5.32 Å². The zero-order valence-corrected chi connectivity index (χ0v) is 11.2. The van der Waals surface area contributed by atoms with Crippen molar-refractivity contribution in [2.45, 2.75) is 19.3 Å². The number of hydrogen-bond donors (Lipinski definition) is 1. The number of hydrogen-bond acceptors (Lipinski definition) is 1. The van der Waals surface area contributed by atoms with Gasteiger partial charge in [-0.05, 0) is 43.0 Å². The lowest BCUT2D eigenvalue weighted by atomic mass is 9.82. The van der Waals surface area contributed by atoms with Gasteiger partial charge in [-0.25, -0.2) is 8.78 Å². The van der Waals surface area contributed by atoms with Gasteiger partial charge in [0.05, 0.1) is 0 Å². The molecule has 1 nitrogen and oxygen atoms in total. The smallest absolute Gasteiger partial charge is 0.129 e. The quantitative estimate of drug-likeness (QED) is 0.832. The topological polar surface area (TPSA) is 12.0 Å². The molecule has 1 N–H and O–H groups in total. The zero-order chi connectivity index (χ0) is 10.8. The van der Waals surface area contributed by atoms with E-state index in [2.05, 4.69) is 12.2 Å². The molecule has 0 radical (unpaired) electrons. The first-order chi connectivity index (χ1) is 7.18. The third-order valence-electron chi connectivity index (χ3n) is 3.15. The second-order valence-electron chi connectivity index (χ2n) is 4.24. The number of rotatable bonds is 1. The molecule has 0 aliphatic carbocycles. The van der Waals surface area contributed by atoms with E-state index in [0.717, 1.165) is 25.6 Å². The molecule has 5 heteroatoms. The van der Waals surface area contributed by atoms with Crippen LogP contribution in [0, 0.1) is 17.6 Å². The van der Waals surface area contributed by atoms with Crippen LogP contribution >= 0.6 is 24.8 Å². The van der Waals surface area contributed by atoms with Crippen molar-refractivity contribution in [3.05, 3.63) is 35.4 Å². The van der Waals surface area contributed by atoms with E-state index in [-0.39, 0.29) is 30.7 Å². The van der Waals surface area contributed by atoms with Gasteiger partial charge >= 0.3 is 0 Å². The van der Waals surface area contributed by atoms with Crippen molar-refractivity contribution in [3.63, 3.8) is 0 Å². The number of nitrogens with one attached hydrogen (secondary N) is 1. The minimum absolute atomic E-state index is 0. The predicted molar refractivity (Wildman–Crippen MR) is 70.2 cm³/mol. The average molecular weight is 284 g/mol. The summed E-state index contributed by atoms with van der Waals surface area (Å²) in [6, 6.07) is 3.90. The van der Waals surface area contributed by atoms with Crippen LogP contribution in [0.4, 0.5) is 8.78 Å². The van der Waals surface area contributed by atoms with Crippen molar-refractivity contribution in [3.8, 4) is 0 Å². The Balaban J connectivity index is 0.00000128. The van der Waals surface area contributed by atoms with E-state index < -0.39 is 11.6 Å². The van der Waals surface area contributed by atoms with Crippen LogP contribution in [0.3, 0.4) is 0 Å². The summed E-state index contributed by atoms with van der Waals surface area (Å²) < 4.78 is 26.3. The van der Waals surface area contributed by atoms with Crippen LogP contribution in [0.2, 0.25) is 0 Å². The Morgan fingerprint density at radius 3 is 2.53 bits per heavy atom. The Labute approximate surface area is 113 Å². The van der Waals surface area contributed by atoms with Crippen molar-refractivity contribution < 1.29 is 8.78 Å². The number of piperidine rings is 1. The summed E-state index contributed by atoms with van der Waals surface area (Å²) in [6.07, 6.45) is 0.920. The first-order valence-electron chi connectivity index (χ1n) is 5.34. The van der Waals surface area contributed by atoms with Crippen LogP contribution < -0.4 is 5.32 Å². The summed E-state index contributed by atoms with van der Waals surface area (Å²) in [5, 5.41) is 3.27. The molecule has 0 amide bonds. The van der Waals surface area contributed by atoms with Crippen molar-refractivity contribution in [2.24, 2.45) is 5.92 Å². The molecule has 1 saturated heterocycles. The molecular formula is C12H17Cl2F2N. The van der Waals surface area contributed by atoms with Crippen molar-refractivity contribution in [1.82, 2.24) is 5.32 Å². The molecule has 2 rings (SSSR count). The van der Waals surface area contributed by atoms with E-state index in [9.17, 15) is 8.78 Å². The standard InChI is InChI=1S/C12H15F2N.2ClH/c1-8-7-15-5-4-10(8)11-3-2-9(13)6-12(11)14;;/h2-3,6,8,10,15H,4-5,7H2,1H3;2*1H/t8-,10+;;/m1../s1. The van der Waals surface area contributed by atoms with Crippen molar-refractivity contribution >= 4 is 24.8 Å². The van der Waals surface area contributed by atoms with Gasteiger partial charge in [0.1, 0.15) is 11.6 Å². The lowest BCUT2D eigenvalue weighted by molar-refractivity contribution is 0.341. The third kappa shape index (κ3) is 3.80. The fraction of sp³-hybridized carbons (Fsp3) is 0.500. The second kappa shape index (κ2) is 7.14. The van der Waals surface area contributed by atoms with E-state index in [1.807, 2.05) is 0 Å². The first kappa shape index (κ1) is 16.6. The van der Waals surface area contributed by atoms with Gasteiger partial charge in [-0.2, -0.15) is 0 Å². The van der Waals surface area contributed by atoms with Gasteiger partial charge in [0.2, 0.25) is 0 Å². The molecule has 1 aliphatic heterocycles. The lowest BCUT2D eigenvalue weighted by Crippen LogP contribution is -2.34. The van der Waals surface area contributed by atoms with Gasteiger partial charge in [-0.15, -0.1) is 24.8 Å². The molecular weight excluding hydrogens is 267 g/mol. The Morgan fingerprint density at radius 2 is 1.94 bits per heavy atom. The van der Waals surface area contributed by atoms with Crippen LogP contribution in [0.15, 0.2) is 18.2 Å². The number of benzene rings is 1. The van der Waals surface area contributed by atoms with E-state index in [1.54, 1.807) is 6.07 Å². The summed E-state index contributed by atoms with van der Waals surface area (Å²) in [5.74, 6) is -0.294. The van der Waals surface area contributed by atoms with Crippen LogP contribution in [0.25, 0.3) is 0 Å². The van der Waals surface area contributed by atoms with Crippen LogP contribution in [0.1, 0.15) is 24.8 Å². The van der Waals surface area contributed by atoms with E-state index in [4.69, 9.17) is 0 Å². The minimum atomic E-state index is -0.502. The molecule has 0 aromatic heterocycles. The van der Waals surface area contributed by atoms with Crippen LogP contribution in [-0.4, -0.2) is 13.1 Å². The van der Waals surface area contributed by atoms with Crippen LogP contribution in [0.5, 0.6) is 0 Å². The molecule has 1 heterocycles. The highest BCUT2D eigenvalue weighted by molar-refractivity contribution is 5.85. The summed E-state index contributed by atoms with van der Waals surface area (Å²) in [5.41, 5.74) is 0.658. The highest BCUT2D eigenvalue weighted by Gasteiger charge is 2.24. The molecule has 1 aromatic rings. The Bertz CT molecular complexity index is 360. The summed E-state index contributed by atoms with van der Waals surface area (Å²) in [6.45, 7) is 3.91. The van der Waals surface area contributed by atoms with Gasteiger partial charge in [0.25, 0.3) is 0 Å². The maximum atomic E-state index is 13.5. The molecule has 98 valence electrons. The SMILES string of the molecule is C[C@@H]1CNCC[C@@H]1c1ccc(F)cc1F.Cl.Cl. The summed E-state index contributed by atoms with van der Waals surface area (Å²) in [4.78, 5) is 0. The maximum absolute atomic E-state index is 13.5. The predicted octanol–water partition coefficient (Wildman–Crippen LogP) is 3.52. The van der Waals surface area contributed by atoms with Crippen molar-refractivity contribution in [2.75, 3.05) is 13.1 Å². The van der Waals surface area contributed by atoms with Crippen LogP contribution in [-0.2, 0) is 0 Å². The Morgan fingerprint density at radius 1 is 1.24 bits per heavy atom. The molecule has 0 bridgehead atoms. The summed E-state index contributed by atoms with van der Waals surface area (Å²) >= 11 is 0. The fourth-order valence-corrected chi connectivity index (χ4v) is 2.28. The van der Waals surface area contributed by atoms with Gasteiger partial charge in [0, 0.05) is 6.07 Å². The molecule has 0 spiro atoms. The highest BCUT2D eigenvalue weighted by atomic mass is 35.5. The van der Waals surface area contributed by atoms with Gasteiger partial charge in [0.15, 0.2) is 0 Å².